The van der Waals surface area contributed by atoms with Gasteiger partial charge in [-0.25, -0.2) is 4.98 Å². The Balaban J connectivity index is 2.55. The summed E-state index contributed by atoms with van der Waals surface area (Å²) in [7, 11) is 0. The second-order valence-corrected chi connectivity index (χ2v) is 3.55. The Kier molecular flexibility index (Phi) is 3.65. The van der Waals surface area contributed by atoms with Crippen molar-refractivity contribution in [1.29, 1.82) is 0 Å². The summed E-state index contributed by atoms with van der Waals surface area (Å²) in [5.41, 5.74) is 0.731. The van der Waals surface area contributed by atoms with Crippen LogP contribution in [0.3, 0.4) is 0 Å². The first-order valence-corrected chi connectivity index (χ1v) is 4.85. The van der Waals surface area contributed by atoms with Gasteiger partial charge in [0.15, 0.2) is 0 Å². The van der Waals surface area contributed by atoms with Crippen LogP contribution >= 0.6 is 0 Å². The van der Waals surface area contributed by atoms with E-state index in [4.69, 9.17) is 9.52 Å². The van der Waals surface area contributed by atoms with E-state index in [1.807, 2.05) is 0 Å². The number of hydrogen-bond donors (Lipinski definition) is 2. The Morgan fingerprint density at radius 3 is 2.56 bits per heavy atom. The van der Waals surface area contributed by atoms with Crippen LogP contribution in [0.25, 0.3) is 0 Å². The number of aliphatic carboxylic acids is 1. The van der Waals surface area contributed by atoms with Gasteiger partial charge in [-0.2, -0.15) is 0 Å². The number of nitrogens with zero attached hydrogens (tertiary/aromatic N) is 1. The van der Waals surface area contributed by atoms with E-state index >= 15 is 0 Å². The van der Waals surface area contributed by atoms with Crippen molar-refractivity contribution in [2.24, 2.45) is 0 Å². The quantitative estimate of drug-likeness (QED) is 0.776. The summed E-state index contributed by atoms with van der Waals surface area (Å²) in [6.45, 7) is 4.93. The largest absolute Gasteiger partial charge is 0.480 e. The molecule has 0 fully saturated rings. The second-order valence-electron chi connectivity index (χ2n) is 3.55. The molecule has 6 heteroatoms. The molecule has 0 unspecified atom stereocenters. The molecule has 0 spiro atoms. The van der Waals surface area contributed by atoms with Crippen molar-refractivity contribution in [1.82, 2.24) is 10.3 Å². The number of carboxylic acid groups (broad SMARTS) is 1. The fourth-order valence-corrected chi connectivity index (χ4v) is 1.11. The topological polar surface area (TPSA) is 92.4 Å². The molecule has 2 N–H and O–H groups in total. The first kappa shape index (κ1) is 12.2. The number of nitrogens with one attached hydrogen (secondary N) is 1. The molecular formula is C10H14N2O4. The number of aryl methyl sites for hydroxylation is 2. The van der Waals surface area contributed by atoms with Crippen molar-refractivity contribution in [2.75, 3.05) is 0 Å². The molecule has 1 aromatic rings. The molecule has 1 amide bonds. The molecule has 0 aromatic carbocycles. The van der Waals surface area contributed by atoms with Crippen molar-refractivity contribution >= 4 is 11.9 Å². The van der Waals surface area contributed by atoms with Crippen LogP contribution in [0.5, 0.6) is 0 Å². The first-order chi connectivity index (χ1) is 7.40. The van der Waals surface area contributed by atoms with Gasteiger partial charge in [0.25, 0.3) is 0 Å². The van der Waals surface area contributed by atoms with Gasteiger partial charge < -0.3 is 14.8 Å². The molecular weight excluding hydrogens is 212 g/mol. The van der Waals surface area contributed by atoms with Crippen molar-refractivity contribution in [3.05, 3.63) is 17.3 Å². The summed E-state index contributed by atoms with van der Waals surface area (Å²) in [5, 5.41) is 10.9. The monoisotopic (exact) mass is 226 g/mol. The summed E-state index contributed by atoms with van der Waals surface area (Å²) in [6, 6.07) is -0.912. The van der Waals surface area contributed by atoms with Gasteiger partial charge in [0.05, 0.1) is 5.69 Å². The molecule has 0 saturated heterocycles. The maximum absolute atomic E-state index is 11.4. The standard InChI is InChI=1S/C10H14N2O4/c1-5-7(3)16-9(12-5)4-8(13)11-6(2)10(14)15/h6H,4H2,1-3H3,(H,11,13)(H,14,15)/t6-/m0/s1. The van der Waals surface area contributed by atoms with Gasteiger partial charge in [0.1, 0.15) is 18.2 Å². The van der Waals surface area contributed by atoms with E-state index in [1.54, 1.807) is 13.8 Å². The van der Waals surface area contributed by atoms with Gasteiger partial charge in [-0.05, 0) is 20.8 Å². The number of hydrogen-bond acceptors (Lipinski definition) is 4. The van der Waals surface area contributed by atoms with Gasteiger partial charge in [-0.3, -0.25) is 9.59 Å². The number of aromatic nitrogens is 1. The Morgan fingerprint density at radius 2 is 2.12 bits per heavy atom. The highest BCUT2D eigenvalue weighted by Gasteiger charge is 2.16. The number of amides is 1. The zero-order valence-electron chi connectivity index (χ0n) is 9.40. The molecule has 1 atom stereocenters. The lowest BCUT2D eigenvalue weighted by atomic mass is 10.3. The zero-order valence-corrected chi connectivity index (χ0v) is 9.40. The average molecular weight is 226 g/mol. The summed E-state index contributed by atoms with van der Waals surface area (Å²) in [5.74, 6) is -0.538. The van der Waals surface area contributed by atoms with Crippen LogP contribution < -0.4 is 5.32 Å². The minimum absolute atomic E-state index is 0.0493. The van der Waals surface area contributed by atoms with Crippen LogP contribution in [-0.2, 0) is 16.0 Å². The van der Waals surface area contributed by atoms with Crippen molar-refractivity contribution in [2.45, 2.75) is 33.2 Å². The molecule has 0 aliphatic heterocycles. The van der Waals surface area contributed by atoms with Crippen molar-refractivity contribution < 1.29 is 19.1 Å². The SMILES string of the molecule is Cc1nc(CC(=O)N[C@@H](C)C(=O)O)oc1C. The van der Waals surface area contributed by atoms with Crippen LogP contribution in [0.15, 0.2) is 4.42 Å². The lowest BCUT2D eigenvalue weighted by molar-refractivity contribution is -0.141. The second kappa shape index (κ2) is 4.78. The summed E-state index contributed by atoms with van der Waals surface area (Å²) < 4.78 is 5.21. The third-order valence-electron chi connectivity index (χ3n) is 2.13. The highest BCUT2D eigenvalue weighted by molar-refractivity contribution is 5.84. The maximum Gasteiger partial charge on any atom is 0.325 e. The summed E-state index contributed by atoms with van der Waals surface area (Å²) >= 11 is 0. The molecule has 16 heavy (non-hydrogen) atoms. The third kappa shape index (κ3) is 3.08. The molecule has 1 aromatic heterocycles. The zero-order chi connectivity index (χ0) is 12.3. The highest BCUT2D eigenvalue weighted by atomic mass is 16.4. The number of carbonyl (C=O) groups excluding carboxylic acids is 1. The molecule has 88 valence electrons. The molecule has 1 heterocycles. The Hall–Kier alpha value is -1.85. The van der Waals surface area contributed by atoms with E-state index in [1.165, 1.54) is 6.92 Å². The lowest BCUT2D eigenvalue weighted by Gasteiger charge is -2.07. The fraction of sp³-hybridized carbons (Fsp3) is 0.500. The van der Waals surface area contributed by atoms with Gasteiger partial charge in [-0.1, -0.05) is 0 Å². The molecule has 0 aliphatic rings. The van der Waals surface area contributed by atoms with Crippen LogP contribution in [0, 0.1) is 13.8 Å². The van der Waals surface area contributed by atoms with E-state index < -0.39 is 17.9 Å². The average Bonchev–Trinajstić information content (AvgIpc) is 2.45. The van der Waals surface area contributed by atoms with E-state index in [-0.39, 0.29) is 6.42 Å². The van der Waals surface area contributed by atoms with Crippen LogP contribution in [-0.4, -0.2) is 28.0 Å². The highest BCUT2D eigenvalue weighted by Crippen LogP contribution is 2.08. The van der Waals surface area contributed by atoms with Crippen molar-refractivity contribution in [3.63, 3.8) is 0 Å². The Bertz CT molecular complexity index is 391. The van der Waals surface area contributed by atoms with Gasteiger partial charge in [0, 0.05) is 0 Å². The summed E-state index contributed by atoms with van der Waals surface area (Å²) in [6.07, 6.45) is -0.0493. The van der Waals surface area contributed by atoms with Gasteiger partial charge in [0.2, 0.25) is 11.8 Å². The molecule has 0 bridgehead atoms. The van der Waals surface area contributed by atoms with E-state index in [0.717, 1.165) is 5.69 Å². The van der Waals surface area contributed by atoms with Gasteiger partial charge in [-0.15, -0.1) is 0 Å². The van der Waals surface area contributed by atoms with E-state index in [0.29, 0.717) is 11.7 Å². The van der Waals surface area contributed by atoms with Gasteiger partial charge >= 0.3 is 5.97 Å². The molecule has 6 nitrogen and oxygen atoms in total. The van der Waals surface area contributed by atoms with Crippen LogP contribution in [0.1, 0.15) is 24.3 Å². The predicted octanol–water partition coefficient (Wildman–Crippen LogP) is 0.423. The van der Waals surface area contributed by atoms with E-state index in [9.17, 15) is 9.59 Å². The number of carbonyl (C=O) groups is 2. The number of rotatable bonds is 4. The predicted molar refractivity (Wildman–Crippen MR) is 54.9 cm³/mol. The molecule has 0 saturated carbocycles. The lowest BCUT2D eigenvalue weighted by Crippen LogP contribution is -2.39. The number of carboxylic acids is 1. The fourth-order valence-electron chi connectivity index (χ4n) is 1.11. The Morgan fingerprint density at radius 1 is 1.50 bits per heavy atom. The van der Waals surface area contributed by atoms with E-state index in [2.05, 4.69) is 10.3 Å². The Labute approximate surface area is 92.7 Å². The van der Waals surface area contributed by atoms with Crippen LogP contribution in [0.2, 0.25) is 0 Å². The third-order valence-corrected chi connectivity index (χ3v) is 2.13. The first-order valence-electron chi connectivity index (χ1n) is 4.85. The van der Waals surface area contributed by atoms with Crippen LogP contribution in [0.4, 0.5) is 0 Å². The maximum atomic E-state index is 11.4. The minimum Gasteiger partial charge on any atom is -0.480 e. The molecule has 0 aliphatic carbocycles. The van der Waals surface area contributed by atoms with Crippen molar-refractivity contribution in [3.8, 4) is 0 Å². The summed E-state index contributed by atoms with van der Waals surface area (Å²) in [4.78, 5) is 25.9. The number of oxazole rings is 1. The molecule has 0 radical (unpaired) electrons. The minimum atomic E-state index is -1.08. The molecule has 1 rings (SSSR count). The smallest absolute Gasteiger partial charge is 0.325 e. The normalized spacial score (nSPS) is 12.2.